The number of carboxylic acids is 1. The molecule has 2 N–H and O–H groups in total. The molecule has 2 fully saturated rings. The molecule has 2 aromatic rings. The number of rotatable bonds is 5. The van der Waals surface area contributed by atoms with E-state index in [-0.39, 0.29) is 18.4 Å². The van der Waals surface area contributed by atoms with Crippen molar-refractivity contribution in [3.05, 3.63) is 59.7 Å². The van der Waals surface area contributed by atoms with E-state index in [1.807, 2.05) is 24.3 Å². The number of hydrogen-bond acceptors (Lipinski definition) is 4. The number of fused-ring (bicyclic) bond motifs is 3. The van der Waals surface area contributed by atoms with E-state index in [4.69, 9.17) is 4.74 Å². The van der Waals surface area contributed by atoms with Crippen molar-refractivity contribution in [1.29, 1.82) is 0 Å². The second kappa shape index (κ2) is 9.72. The quantitative estimate of drug-likeness (QED) is 0.653. The SMILES string of the molecule is O=C(NC1(C(=O)N2CCCC[C@@H]2C(=O)O)CCCCC1)OCC1c2ccccc2-c2ccccc21. The normalized spacial score (nSPS) is 21.0. The van der Waals surface area contributed by atoms with Gasteiger partial charge in [0.1, 0.15) is 18.2 Å². The molecule has 0 unspecified atom stereocenters. The second-order valence-electron chi connectivity index (χ2n) is 9.94. The highest BCUT2D eigenvalue weighted by atomic mass is 16.5. The zero-order chi connectivity index (χ0) is 24.4. The van der Waals surface area contributed by atoms with Crippen molar-refractivity contribution in [2.75, 3.05) is 13.2 Å². The van der Waals surface area contributed by atoms with Crippen molar-refractivity contribution in [2.24, 2.45) is 0 Å². The predicted molar refractivity (Wildman–Crippen MR) is 131 cm³/mol. The van der Waals surface area contributed by atoms with Gasteiger partial charge in [0, 0.05) is 12.5 Å². The molecule has 0 spiro atoms. The maximum Gasteiger partial charge on any atom is 0.408 e. The smallest absolute Gasteiger partial charge is 0.408 e. The first-order valence-corrected chi connectivity index (χ1v) is 12.7. The maximum absolute atomic E-state index is 13.7. The number of nitrogens with one attached hydrogen (secondary N) is 1. The molecule has 0 aromatic heterocycles. The molecule has 2 amide bonds. The average Bonchev–Trinajstić information content (AvgIpc) is 3.21. The summed E-state index contributed by atoms with van der Waals surface area (Å²) in [6.45, 7) is 0.579. The molecule has 7 nitrogen and oxygen atoms in total. The molecule has 2 aromatic carbocycles. The van der Waals surface area contributed by atoms with Gasteiger partial charge in [-0.15, -0.1) is 0 Å². The molecule has 0 radical (unpaired) electrons. The molecule has 5 rings (SSSR count). The number of piperidine rings is 1. The van der Waals surface area contributed by atoms with Crippen molar-refractivity contribution >= 4 is 18.0 Å². The fourth-order valence-corrected chi connectivity index (χ4v) is 6.08. The number of nitrogens with zero attached hydrogens (tertiary/aromatic N) is 1. The third-order valence-corrected chi connectivity index (χ3v) is 7.85. The van der Waals surface area contributed by atoms with Crippen LogP contribution in [0.2, 0.25) is 0 Å². The minimum Gasteiger partial charge on any atom is -0.480 e. The van der Waals surface area contributed by atoms with Gasteiger partial charge in [0.25, 0.3) is 0 Å². The number of carbonyl (C=O) groups excluding carboxylic acids is 2. The zero-order valence-corrected chi connectivity index (χ0v) is 19.9. The Balaban J connectivity index is 1.32. The van der Waals surface area contributed by atoms with Crippen molar-refractivity contribution in [2.45, 2.75) is 68.9 Å². The van der Waals surface area contributed by atoms with E-state index in [1.165, 1.54) is 4.90 Å². The summed E-state index contributed by atoms with van der Waals surface area (Å²) in [6.07, 6.45) is 4.99. The molecular weight excluding hydrogens is 444 g/mol. The van der Waals surface area contributed by atoms with Crippen LogP contribution >= 0.6 is 0 Å². The summed E-state index contributed by atoms with van der Waals surface area (Å²) in [6, 6.07) is 15.5. The summed E-state index contributed by atoms with van der Waals surface area (Å²) in [7, 11) is 0. The summed E-state index contributed by atoms with van der Waals surface area (Å²) in [5.74, 6) is -1.33. The number of alkyl carbamates (subject to hydrolysis) is 1. The van der Waals surface area contributed by atoms with Crippen LogP contribution < -0.4 is 5.32 Å². The number of aliphatic carboxylic acids is 1. The fourth-order valence-electron chi connectivity index (χ4n) is 6.08. The summed E-state index contributed by atoms with van der Waals surface area (Å²) >= 11 is 0. The largest absolute Gasteiger partial charge is 0.480 e. The minimum atomic E-state index is -1.11. The predicted octanol–water partition coefficient (Wildman–Crippen LogP) is 4.69. The van der Waals surface area contributed by atoms with Gasteiger partial charge in [-0.25, -0.2) is 9.59 Å². The molecule has 3 aliphatic rings. The van der Waals surface area contributed by atoms with E-state index in [1.54, 1.807) is 0 Å². The van der Waals surface area contributed by atoms with E-state index in [2.05, 4.69) is 29.6 Å². The minimum absolute atomic E-state index is 0.0651. The summed E-state index contributed by atoms with van der Waals surface area (Å²) in [4.78, 5) is 40.1. The number of hydrogen-bond donors (Lipinski definition) is 2. The van der Waals surface area contributed by atoms with Gasteiger partial charge in [-0.1, -0.05) is 67.8 Å². The van der Waals surface area contributed by atoms with Gasteiger partial charge in [-0.3, -0.25) is 4.79 Å². The van der Waals surface area contributed by atoms with Gasteiger partial charge >= 0.3 is 12.1 Å². The Morgan fingerprint density at radius 1 is 0.914 bits per heavy atom. The van der Waals surface area contributed by atoms with Gasteiger partial charge in [0.05, 0.1) is 0 Å². The standard InChI is InChI=1S/C28H32N2O5/c31-25(32)24-14-6-9-17-30(24)26(33)28(15-7-1-8-16-28)29-27(34)35-18-23-21-12-4-2-10-19(21)20-11-3-5-13-22(20)23/h2-5,10-13,23-24H,1,6-9,14-18H2,(H,29,34)(H,31,32)/t24-/m1/s1. The lowest BCUT2D eigenvalue weighted by Crippen LogP contribution is -2.63. The van der Waals surface area contributed by atoms with Gasteiger partial charge in [-0.05, 0) is 54.4 Å². The summed E-state index contributed by atoms with van der Waals surface area (Å²) in [5, 5.41) is 12.6. The van der Waals surface area contributed by atoms with Crippen LogP contribution in [0.5, 0.6) is 0 Å². The van der Waals surface area contributed by atoms with Crippen LogP contribution in [0.15, 0.2) is 48.5 Å². The van der Waals surface area contributed by atoms with E-state index in [0.717, 1.165) is 54.4 Å². The Bertz CT molecular complexity index is 1080. The molecule has 1 heterocycles. The molecule has 1 saturated carbocycles. The number of likely N-dealkylation sites (tertiary alicyclic amines) is 1. The Labute approximate surface area is 205 Å². The third kappa shape index (κ3) is 4.40. The molecule has 1 atom stereocenters. The maximum atomic E-state index is 13.7. The van der Waals surface area contributed by atoms with E-state index in [9.17, 15) is 19.5 Å². The summed E-state index contributed by atoms with van der Waals surface area (Å²) < 4.78 is 5.74. The molecule has 1 aliphatic heterocycles. The Morgan fingerprint density at radius 2 is 1.54 bits per heavy atom. The van der Waals surface area contributed by atoms with Crippen LogP contribution in [0.25, 0.3) is 11.1 Å². The molecular formula is C28H32N2O5. The van der Waals surface area contributed by atoms with Gasteiger partial charge in [-0.2, -0.15) is 0 Å². The number of amides is 2. The number of carbonyl (C=O) groups is 3. The van der Waals surface area contributed by atoms with Gasteiger partial charge < -0.3 is 20.1 Å². The Kier molecular flexibility index (Phi) is 6.50. The molecule has 35 heavy (non-hydrogen) atoms. The first-order valence-electron chi connectivity index (χ1n) is 12.7. The van der Waals surface area contributed by atoms with E-state index >= 15 is 0 Å². The van der Waals surface area contributed by atoms with Crippen molar-refractivity contribution < 1.29 is 24.2 Å². The number of ether oxygens (including phenoxy) is 1. The molecule has 7 heteroatoms. The topological polar surface area (TPSA) is 95.9 Å². The Hall–Kier alpha value is -3.35. The average molecular weight is 477 g/mol. The van der Waals surface area contributed by atoms with Crippen LogP contribution in [0, 0.1) is 0 Å². The number of carboxylic acid groups (broad SMARTS) is 1. The lowest BCUT2D eigenvalue weighted by molar-refractivity contribution is -0.156. The van der Waals surface area contributed by atoms with Gasteiger partial charge in [0.15, 0.2) is 0 Å². The molecule has 1 saturated heterocycles. The number of benzene rings is 2. The third-order valence-electron chi connectivity index (χ3n) is 7.85. The fraction of sp³-hybridized carbons (Fsp3) is 0.464. The van der Waals surface area contributed by atoms with Crippen molar-refractivity contribution in [3.8, 4) is 11.1 Å². The highest BCUT2D eigenvalue weighted by molar-refractivity contribution is 5.93. The zero-order valence-electron chi connectivity index (χ0n) is 19.9. The second-order valence-corrected chi connectivity index (χ2v) is 9.94. The monoisotopic (exact) mass is 476 g/mol. The molecule has 0 bridgehead atoms. The van der Waals surface area contributed by atoms with Crippen LogP contribution in [0.4, 0.5) is 4.79 Å². The van der Waals surface area contributed by atoms with Crippen molar-refractivity contribution in [3.63, 3.8) is 0 Å². The van der Waals surface area contributed by atoms with Crippen LogP contribution in [0.3, 0.4) is 0 Å². The van der Waals surface area contributed by atoms with Gasteiger partial charge in [0.2, 0.25) is 5.91 Å². The first kappa shape index (κ1) is 23.4. The highest BCUT2D eigenvalue weighted by Gasteiger charge is 2.47. The first-order chi connectivity index (χ1) is 17.0. The lowest BCUT2D eigenvalue weighted by Gasteiger charge is -2.43. The van der Waals surface area contributed by atoms with Crippen LogP contribution in [-0.2, 0) is 14.3 Å². The summed E-state index contributed by atoms with van der Waals surface area (Å²) in [5.41, 5.74) is 3.46. The van der Waals surface area contributed by atoms with E-state index < -0.39 is 23.6 Å². The Morgan fingerprint density at radius 3 is 2.17 bits per heavy atom. The lowest BCUT2D eigenvalue weighted by atomic mass is 9.79. The van der Waals surface area contributed by atoms with Crippen molar-refractivity contribution in [1.82, 2.24) is 10.2 Å². The molecule has 2 aliphatic carbocycles. The van der Waals surface area contributed by atoms with Crippen LogP contribution in [0.1, 0.15) is 68.4 Å². The van der Waals surface area contributed by atoms with Crippen LogP contribution in [-0.4, -0.2) is 52.7 Å². The van der Waals surface area contributed by atoms with E-state index in [0.29, 0.717) is 25.8 Å². The highest BCUT2D eigenvalue weighted by Crippen LogP contribution is 2.44. The molecule has 184 valence electrons.